The third-order valence-corrected chi connectivity index (χ3v) is 4.32. The summed E-state index contributed by atoms with van der Waals surface area (Å²) in [5.41, 5.74) is 4.05. The van der Waals surface area contributed by atoms with E-state index < -0.39 is 0 Å². The van der Waals surface area contributed by atoms with E-state index in [-0.39, 0.29) is 6.04 Å². The third kappa shape index (κ3) is 3.11. The molecule has 2 rings (SSSR count). The highest BCUT2D eigenvalue weighted by atomic mass is 127. The van der Waals surface area contributed by atoms with E-state index in [0.29, 0.717) is 0 Å². The number of hydrogen-bond donors (Lipinski definition) is 2. The van der Waals surface area contributed by atoms with E-state index in [1.807, 2.05) is 23.9 Å². The molecule has 0 spiro atoms. The zero-order chi connectivity index (χ0) is 13.1. The van der Waals surface area contributed by atoms with Crippen molar-refractivity contribution in [3.63, 3.8) is 0 Å². The molecular formula is C12H14BrIN4. The maximum absolute atomic E-state index is 5.68. The lowest BCUT2D eigenvalue weighted by Crippen LogP contribution is -2.30. The summed E-state index contributed by atoms with van der Waals surface area (Å²) in [6, 6.07) is 6.24. The maximum Gasteiger partial charge on any atom is 0.110 e. The van der Waals surface area contributed by atoms with Crippen LogP contribution in [0.1, 0.15) is 17.4 Å². The number of hydrogen-bond acceptors (Lipinski definition) is 3. The molecule has 0 radical (unpaired) electrons. The molecule has 1 unspecified atom stereocenters. The number of imidazole rings is 1. The average Bonchev–Trinajstić information content (AvgIpc) is 2.75. The zero-order valence-corrected chi connectivity index (χ0v) is 13.6. The molecule has 96 valence electrons. The Kier molecular flexibility index (Phi) is 4.77. The first-order valence-electron chi connectivity index (χ1n) is 5.49. The Morgan fingerprint density at radius 2 is 2.33 bits per heavy atom. The van der Waals surface area contributed by atoms with Crippen LogP contribution in [-0.2, 0) is 13.5 Å². The molecule has 1 aromatic carbocycles. The van der Waals surface area contributed by atoms with Gasteiger partial charge >= 0.3 is 0 Å². The summed E-state index contributed by atoms with van der Waals surface area (Å²) in [6.45, 7) is 0. The summed E-state index contributed by atoms with van der Waals surface area (Å²) in [5, 5.41) is 0. The lowest BCUT2D eigenvalue weighted by molar-refractivity contribution is 0.528. The van der Waals surface area contributed by atoms with Crippen molar-refractivity contribution in [2.24, 2.45) is 12.9 Å². The number of halogens is 2. The van der Waals surface area contributed by atoms with E-state index in [4.69, 9.17) is 5.84 Å². The van der Waals surface area contributed by atoms with Crippen molar-refractivity contribution >= 4 is 38.5 Å². The molecule has 18 heavy (non-hydrogen) atoms. The lowest BCUT2D eigenvalue weighted by atomic mass is 10.0. The molecule has 0 saturated carbocycles. The van der Waals surface area contributed by atoms with Gasteiger partial charge in [0.05, 0.1) is 6.04 Å². The van der Waals surface area contributed by atoms with Crippen molar-refractivity contribution in [2.75, 3.05) is 0 Å². The van der Waals surface area contributed by atoms with Crippen molar-refractivity contribution in [2.45, 2.75) is 12.5 Å². The van der Waals surface area contributed by atoms with Crippen LogP contribution in [0.3, 0.4) is 0 Å². The van der Waals surface area contributed by atoms with Gasteiger partial charge in [0, 0.05) is 33.9 Å². The van der Waals surface area contributed by atoms with Gasteiger partial charge in [-0.25, -0.2) is 4.98 Å². The van der Waals surface area contributed by atoms with Crippen LogP contribution in [0.15, 0.2) is 35.1 Å². The molecule has 0 aliphatic carbocycles. The second-order valence-electron chi connectivity index (χ2n) is 4.04. The molecule has 4 nitrogen and oxygen atoms in total. The van der Waals surface area contributed by atoms with Crippen molar-refractivity contribution < 1.29 is 0 Å². The summed E-state index contributed by atoms with van der Waals surface area (Å²) >= 11 is 5.82. The standard InChI is InChI=1S/C12H14BrIN4/c1-18-5-4-16-12(18)7-11(17-15)9-6-8(13)2-3-10(9)14/h2-6,11,17H,7,15H2,1H3. The molecule has 0 amide bonds. The molecule has 3 N–H and O–H groups in total. The van der Waals surface area contributed by atoms with Gasteiger partial charge < -0.3 is 4.57 Å². The summed E-state index contributed by atoms with van der Waals surface area (Å²) < 4.78 is 4.25. The molecule has 1 atom stereocenters. The number of benzene rings is 1. The molecule has 6 heteroatoms. The fourth-order valence-corrected chi connectivity index (χ4v) is 2.91. The minimum absolute atomic E-state index is 0.0514. The van der Waals surface area contributed by atoms with Crippen molar-refractivity contribution in [3.8, 4) is 0 Å². The molecule has 0 aliphatic rings. The molecule has 0 aliphatic heterocycles. The fraction of sp³-hybridized carbons (Fsp3) is 0.250. The molecule has 0 bridgehead atoms. The lowest BCUT2D eigenvalue weighted by Gasteiger charge is -2.18. The summed E-state index contributed by atoms with van der Waals surface area (Å²) in [6.07, 6.45) is 4.50. The van der Waals surface area contributed by atoms with Crippen LogP contribution in [0.4, 0.5) is 0 Å². The van der Waals surface area contributed by atoms with Gasteiger partial charge in [0.15, 0.2) is 0 Å². The third-order valence-electron chi connectivity index (χ3n) is 2.84. The minimum atomic E-state index is 0.0514. The molecular weight excluding hydrogens is 407 g/mol. The Balaban J connectivity index is 2.28. The maximum atomic E-state index is 5.68. The van der Waals surface area contributed by atoms with Gasteiger partial charge in [-0.3, -0.25) is 11.3 Å². The second kappa shape index (κ2) is 6.14. The first kappa shape index (κ1) is 14.0. The number of aryl methyl sites for hydroxylation is 1. The Labute approximate surface area is 128 Å². The molecule has 1 aromatic heterocycles. The quantitative estimate of drug-likeness (QED) is 0.454. The van der Waals surface area contributed by atoms with E-state index in [2.05, 4.69) is 61.1 Å². The van der Waals surface area contributed by atoms with E-state index in [0.717, 1.165) is 16.7 Å². The Morgan fingerprint density at radius 1 is 1.56 bits per heavy atom. The number of aromatic nitrogens is 2. The number of nitrogens with zero attached hydrogens (tertiary/aromatic N) is 2. The summed E-state index contributed by atoms with van der Waals surface area (Å²) in [7, 11) is 1.99. The number of hydrazine groups is 1. The van der Waals surface area contributed by atoms with Crippen LogP contribution in [0, 0.1) is 3.57 Å². The fourth-order valence-electron chi connectivity index (χ4n) is 1.82. The van der Waals surface area contributed by atoms with Crippen LogP contribution in [0.2, 0.25) is 0 Å². The van der Waals surface area contributed by atoms with E-state index in [1.165, 1.54) is 9.13 Å². The van der Waals surface area contributed by atoms with Crippen LogP contribution in [-0.4, -0.2) is 9.55 Å². The predicted octanol–water partition coefficient (Wildman–Crippen LogP) is 2.53. The van der Waals surface area contributed by atoms with Gasteiger partial charge in [-0.1, -0.05) is 15.9 Å². The van der Waals surface area contributed by atoms with Crippen LogP contribution in [0.25, 0.3) is 0 Å². The van der Waals surface area contributed by atoms with Crippen LogP contribution < -0.4 is 11.3 Å². The van der Waals surface area contributed by atoms with Crippen molar-refractivity contribution in [3.05, 3.63) is 50.0 Å². The van der Waals surface area contributed by atoms with E-state index >= 15 is 0 Å². The van der Waals surface area contributed by atoms with E-state index in [1.54, 1.807) is 6.20 Å². The topological polar surface area (TPSA) is 55.9 Å². The monoisotopic (exact) mass is 420 g/mol. The van der Waals surface area contributed by atoms with Gasteiger partial charge in [-0.05, 0) is 46.4 Å². The minimum Gasteiger partial charge on any atom is -0.338 e. The van der Waals surface area contributed by atoms with Gasteiger partial charge in [-0.15, -0.1) is 0 Å². The van der Waals surface area contributed by atoms with Gasteiger partial charge in [-0.2, -0.15) is 0 Å². The van der Waals surface area contributed by atoms with Gasteiger partial charge in [0.25, 0.3) is 0 Å². The smallest absolute Gasteiger partial charge is 0.110 e. The largest absolute Gasteiger partial charge is 0.338 e. The number of nitrogens with one attached hydrogen (secondary N) is 1. The van der Waals surface area contributed by atoms with Gasteiger partial charge in [0.1, 0.15) is 5.82 Å². The number of rotatable bonds is 4. The SMILES string of the molecule is Cn1ccnc1CC(NN)c1cc(Br)ccc1I. The number of nitrogens with two attached hydrogens (primary N) is 1. The van der Waals surface area contributed by atoms with Crippen molar-refractivity contribution in [1.29, 1.82) is 0 Å². The highest BCUT2D eigenvalue weighted by Crippen LogP contribution is 2.25. The predicted molar refractivity (Wildman–Crippen MR) is 83.8 cm³/mol. The highest BCUT2D eigenvalue weighted by Gasteiger charge is 2.16. The highest BCUT2D eigenvalue weighted by molar-refractivity contribution is 14.1. The molecule has 1 heterocycles. The molecule has 2 aromatic rings. The van der Waals surface area contributed by atoms with Crippen LogP contribution in [0.5, 0.6) is 0 Å². The van der Waals surface area contributed by atoms with Crippen molar-refractivity contribution in [1.82, 2.24) is 15.0 Å². The Bertz CT molecular complexity index is 541. The molecule has 0 fully saturated rings. The Morgan fingerprint density at radius 3 is 2.94 bits per heavy atom. The normalized spacial score (nSPS) is 12.7. The summed E-state index contributed by atoms with van der Waals surface area (Å²) in [5.74, 6) is 6.69. The first-order valence-corrected chi connectivity index (χ1v) is 7.36. The van der Waals surface area contributed by atoms with E-state index in [9.17, 15) is 0 Å². The second-order valence-corrected chi connectivity index (χ2v) is 6.12. The summed E-state index contributed by atoms with van der Waals surface area (Å²) in [4.78, 5) is 4.33. The van der Waals surface area contributed by atoms with Crippen LogP contribution >= 0.6 is 38.5 Å². The average molecular weight is 421 g/mol. The van der Waals surface area contributed by atoms with Gasteiger partial charge in [0.2, 0.25) is 0 Å². The first-order chi connectivity index (χ1) is 8.61. The molecule has 0 saturated heterocycles. The zero-order valence-electron chi connectivity index (χ0n) is 9.90. The Hall–Kier alpha value is -0.440.